The molecule has 1 aromatic heterocycles. The third kappa shape index (κ3) is 2.54. The van der Waals surface area contributed by atoms with Crippen LogP contribution >= 0.6 is 0 Å². The number of hydrogen-bond donors (Lipinski definition) is 0. The highest BCUT2D eigenvalue weighted by molar-refractivity contribution is 5.32. The van der Waals surface area contributed by atoms with E-state index in [1.54, 1.807) is 0 Å². The van der Waals surface area contributed by atoms with Crippen LogP contribution in [0.4, 0.5) is 22.0 Å². The van der Waals surface area contributed by atoms with Gasteiger partial charge in [-0.05, 0) is 6.07 Å². The van der Waals surface area contributed by atoms with E-state index in [-0.39, 0.29) is 0 Å². The van der Waals surface area contributed by atoms with Gasteiger partial charge < -0.3 is 4.74 Å². The van der Waals surface area contributed by atoms with Gasteiger partial charge in [-0.2, -0.15) is 13.2 Å². The second-order valence-corrected chi connectivity index (χ2v) is 2.62. The summed E-state index contributed by atoms with van der Waals surface area (Å²) >= 11 is 0. The number of alkyl halides is 5. The molecular weight excluding hydrogens is 221 g/mol. The van der Waals surface area contributed by atoms with Crippen molar-refractivity contribution in [3.63, 3.8) is 0 Å². The van der Waals surface area contributed by atoms with Gasteiger partial charge in [0, 0.05) is 11.8 Å². The number of methoxy groups -OCH3 is 1. The van der Waals surface area contributed by atoms with E-state index < -0.39 is 29.6 Å². The molecule has 0 aliphatic heterocycles. The normalized spacial score (nSPS) is 11.9. The molecule has 0 bridgehead atoms. The van der Waals surface area contributed by atoms with Crippen molar-refractivity contribution in [3.05, 3.63) is 23.4 Å². The SMILES string of the molecule is COc1ncc(C(F)F)cc1C(F)(F)F. The lowest BCUT2D eigenvalue weighted by Crippen LogP contribution is -2.09. The van der Waals surface area contributed by atoms with Gasteiger partial charge in [0.15, 0.2) is 0 Å². The second-order valence-electron chi connectivity index (χ2n) is 2.62. The smallest absolute Gasteiger partial charge is 0.421 e. The van der Waals surface area contributed by atoms with E-state index >= 15 is 0 Å². The van der Waals surface area contributed by atoms with Gasteiger partial charge in [-0.3, -0.25) is 0 Å². The van der Waals surface area contributed by atoms with E-state index in [2.05, 4.69) is 9.72 Å². The van der Waals surface area contributed by atoms with Crippen LogP contribution in [0, 0.1) is 0 Å². The van der Waals surface area contributed by atoms with Crippen LogP contribution in [0.1, 0.15) is 17.6 Å². The molecule has 0 saturated carbocycles. The van der Waals surface area contributed by atoms with Crippen LogP contribution in [0.15, 0.2) is 12.3 Å². The molecule has 0 saturated heterocycles. The lowest BCUT2D eigenvalue weighted by atomic mass is 10.2. The number of ether oxygens (including phenoxy) is 1. The fraction of sp³-hybridized carbons (Fsp3) is 0.375. The Balaban J connectivity index is 3.26. The van der Waals surface area contributed by atoms with Crippen molar-refractivity contribution in [2.45, 2.75) is 12.6 Å². The number of hydrogen-bond acceptors (Lipinski definition) is 2. The maximum atomic E-state index is 12.3. The molecule has 0 radical (unpaired) electrons. The third-order valence-corrected chi connectivity index (χ3v) is 1.62. The lowest BCUT2D eigenvalue weighted by Gasteiger charge is -2.11. The fourth-order valence-corrected chi connectivity index (χ4v) is 0.953. The largest absolute Gasteiger partial charge is 0.481 e. The molecule has 0 aliphatic carbocycles. The molecule has 1 heterocycles. The van der Waals surface area contributed by atoms with Crippen molar-refractivity contribution >= 4 is 0 Å². The van der Waals surface area contributed by atoms with Crippen LogP contribution < -0.4 is 4.74 Å². The van der Waals surface area contributed by atoms with Crippen LogP contribution in [0.25, 0.3) is 0 Å². The maximum absolute atomic E-state index is 12.3. The topological polar surface area (TPSA) is 22.1 Å². The summed E-state index contributed by atoms with van der Waals surface area (Å²) < 4.78 is 65.5. The predicted molar refractivity (Wildman–Crippen MR) is 40.7 cm³/mol. The Morgan fingerprint density at radius 1 is 1.33 bits per heavy atom. The Hall–Kier alpha value is -1.40. The summed E-state index contributed by atoms with van der Waals surface area (Å²) in [6.07, 6.45) is -7.10. The van der Waals surface area contributed by atoms with Crippen molar-refractivity contribution in [2.75, 3.05) is 7.11 Å². The molecule has 0 aromatic carbocycles. The average Bonchev–Trinajstić information content (AvgIpc) is 2.15. The number of pyridine rings is 1. The van der Waals surface area contributed by atoms with Gasteiger partial charge in [0.1, 0.15) is 5.56 Å². The summed E-state index contributed by atoms with van der Waals surface area (Å²) in [5.41, 5.74) is -2.09. The summed E-state index contributed by atoms with van der Waals surface area (Å²) in [6.45, 7) is 0. The number of aromatic nitrogens is 1. The van der Waals surface area contributed by atoms with Crippen molar-refractivity contribution in [1.82, 2.24) is 4.98 Å². The predicted octanol–water partition coefficient (Wildman–Crippen LogP) is 3.05. The van der Waals surface area contributed by atoms with E-state index in [1.807, 2.05) is 0 Å². The zero-order valence-corrected chi connectivity index (χ0v) is 7.48. The molecule has 84 valence electrons. The molecule has 0 amide bonds. The summed E-state index contributed by atoms with van der Waals surface area (Å²) in [5.74, 6) is -0.716. The molecule has 1 aromatic rings. The standard InChI is InChI=1S/C8H6F5NO/c1-15-7-5(8(11,12)13)2-4(3-14-7)6(9)10/h2-3,6H,1H3. The Bertz CT molecular complexity index is 349. The van der Waals surface area contributed by atoms with Crippen LogP contribution in [0.5, 0.6) is 5.88 Å². The molecule has 7 heteroatoms. The minimum Gasteiger partial charge on any atom is -0.481 e. The summed E-state index contributed by atoms with van der Waals surface area (Å²) in [5, 5.41) is 0. The quantitative estimate of drug-likeness (QED) is 0.724. The van der Waals surface area contributed by atoms with Crippen LogP contribution in [0.3, 0.4) is 0 Å². The fourth-order valence-electron chi connectivity index (χ4n) is 0.953. The summed E-state index contributed by atoms with van der Waals surface area (Å²) in [6, 6.07) is 0.330. The minimum absolute atomic E-state index is 0.330. The molecule has 0 N–H and O–H groups in total. The summed E-state index contributed by atoms with van der Waals surface area (Å²) in [7, 11) is 0.986. The number of rotatable bonds is 2. The van der Waals surface area contributed by atoms with Crippen molar-refractivity contribution in [3.8, 4) is 5.88 Å². The molecule has 1 rings (SSSR count). The highest BCUT2D eigenvalue weighted by atomic mass is 19.4. The third-order valence-electron chi connectivity index (χ3n) is 1.62. The van der Waals surface area contributed by atoms with Gasteiger partial charge in [0.05, 0.1) is 7.11 Å². The zero-order chi connectivity index (χ0) is 11.6. The first-order valence-electron chi connectivity index (χ1n) is 3.75. The van der Waals surface area contributed by atoms with E-state index in [0.717, 1.165) is 7.11 Å². The second kappa shape index (κ2) is 4.00. The molecular formula is C8H6F5NO. The average molecular weight is 227 g/mol. The van der Waals surface area contributed by atoms with Crippen molar-refractivity contribution < 1.29 is 26.7 Å². The first-order valence-corrected chi connectivity index (χ1v) is 3.75. The molecule has 0 aliphatic rings. The molecule has 0 spiro atoms. The Labute approximate surface area is 81.7 Å². The van der Waals surface area contributed by atoms with Crippen molar-refractivity contribution in [1.29, 1.82) is 0 Å². The highest BCUT2D eigenvalue weighted by Crippen LogP contribution is 2.36. The number of nitrogens with zero attached hydrogens (tertiary/aromatic N) is 1. The molecule has 15 heavy (non-hydrogen) atoms. The zero-order valence-electron chi connectivity index (χ0n) is 7.48. The van der Waals surface area contributed by atoms with Gasteiger partial charge >= 0.3 is 6.18 Å². The van der Waals surface area contributed by atoms with E-state index in [1.165, 1.54) is 0 Å². The first kappa shape index (κ1) is 11.7. The monoisotopic (exact) mass is 227 g/mol. The lowest BCUT2D eigenvalue weighted by molar-refractivity contribution is -0.139. The van der Waals surface area contributed by atoms with Gasteiger partial charge in [-0.25, -0.2) is 13.8 Å². The highest BCUT2D eigenvalue weighted by Gasteiger charge is 2.36. The van der Waals surface area contributed by atoms with Crippen LogP contribution in [-0.2, 0) is 6.18 Å². The van der Waals surface area contributed by atoms with E-state index in [4.69, 9.17) is 0 Å². The van der Waals surface area contributed by atoms with Gasteiger partial charge in [0.2, 0.25) is 5.88 Å². The Morgan fingerprint density at radius 2 is 1.93 bits per heavy atom. The molecule has 0 fully saturated rings. The Kier molecular flexibility index (Phi) is 3.11. The van der Waals surface area contributed by atoms with Crippen LogP contribution in [-0.4, -0.2) is 12.1 Å². The van der Waals surface area contributed by atoms with E-state index in [9.17, 15) is 22.0 Å². The number of halogens is 5. The maximum Gasteiger partial charge on any atom is 0.421 e. The van der Waals surface area contributed by atoms with Gasteiger partial charge in [-0.1, -0.05) is 0 Å². The molecule has 0 atom stereocenters. The molecule has 2 nitrogen and oxygen atoms in total. The summed E-state index contributed by atoms with van der Waals surface area (Å²) in [4.78, 5) is 3.16. The van der Waals surface area contributed by atoms with Crippen molar-refractivity contribution in [2.24, 2.45) is 0 Å². The first-order chi connectivity index (χ1) is 6.86. The van der Waals surface area contributed by atoms with Crippen LogP contribution in [0.2, 0.25) is 0 Å². The minimum atomic E-state index is -4.76. The van der Waals surface area contributed by atoms with Gasteiger partial charge in [0.25, 0.3) is 6.43 Å². The van der Waals surface area contributed by atoms with Gasteiger partial charge in [-0.15, -0.1) is 0 Å². The Morgan fingerprint density at radius 3 is 2.33 bits per heavy atom. The van der Waals surface area contributed by atoms with E-state index in [0.29, 0.717) is 12.3 Å². The molecule has 0 unspecified atom stereocenters.